The highest BCUT2D eigenvalue weighted by atomic mass is 35.5. The van der Waals surface area contributed by atoms with Gasteiger partial charge in [0.05, 0.1) is 5.38 Å². The molecule has 100 valence electrons. The highest BCUT2D eigenvalue weighted by molar-refractivity contribution is 6.21. The number of hydrogen-bond donors (Lipinski definition) is 0. The summed E-state index contributed by atoms with van der Waals surface area (Å²) in [6.45, 7) is 6.82. The first kappa shape index (κ1) is 13.9. The summed E-state index contributed by atoms with van der Waals surface area (Å²) in [5.41, 5.74) is 4.29. The van der Waals surface area contributed by atoms with Crippen molar-refractivity contribution < 1.29 is 0 Å². The third-order valence-corrected chi connectivity index (χ3v) is 5.19. The summed E-state index contributed by atoms with van der Waals surface area (Å²) >= 11 is 6.73. The summed E-state index contributed by atoms with van der Waals surface area (Å²) in [4.78, 5) is 0. The van der Waals surface area contributed by atoms with Gasteiger partial charge in [-0.3, -0.25) is 0 Å². The molecule has 0 radical (unpaired) electrons. The monoisotopic (exact) mass is 264 g/mol. The maximum absolute atomic E-state index is 6.73. The Bertz CT molecular complexity index is 397. The van der Waals surface area contributed by atoms with E-state index in [1.54, 1.807) is 0 Å². The normalized spacial score (nSPS) is 25.3. The molecule has 3 atom stereocenters. The van der Waals surface area contributed by atoms with E-state index >= 15 is 0 Å². The van der Waals surface area contributed by atoms with Gasteiger partial charge in [-0.25, -0.2) is 0 Å². The van der Waals surface area contributed by atoms with Gasteiger partial charge in [0.1, 0.15) is 0 Å². The van der Waals surface area contributed by atoms with Crippen LogP contribution < -0.4 is 0 Å². The molecule has 0 saturated heterocycles. The number of hydrogen-bond acceptors (Lipinski definition) is 0. The van der Waals surface area contributed by atoms with Crippen molar-refractivity contribution in [3.63, 3.8) is 0 Å². The van der Waals surface area contributed by atoms with Crippen molar-refractivity contribution in [2.45, 2.75) is 58.3 Å². The topological polar surface area (TPSA) is 0 Å². The smallest absolute Gasteiger partial charge is 0.0616 e. The fourth-order valence-electron chi connectivity index (χ4n) is 3.35. The van der Waals surface area contributed by atoms with Crippen LogP contribution in [0.25, 0.3) is 0 Å². The number of halogens is 1. The van der Waals surface area contributed by atoms with Gasteiger partial charge in [-0.1, -0.05) is 51.8 Å². The van der Waals surface area contributed by atoms with Crippen molar-refractivity contribution in [2.24, 2.45) is 11.8 Å². The summed E-state index contributed by atoms with van der Waals surface area (Å²) in [5.74, 6) is 1.45. The Labute approximate surface area is 117 Å². The van der Waals surface area contributed by atoms with E-state index in [9.17, 15) is 0 Å². The molecule has 1 aromatic rings. The van der Waals surface area contributed by atoms with Crippen LogP contribution in [-0.2, 0) is 12.8 Å². The molecule has 2 rings (SSSR count). The Hall–Kier alpha value is -0.490. The summed E-state index contributed by atoms with van der Waals surface area (Å²) in [5, 5.41) is 0.207. The average Bonchev–Trinajstić information content (AvgIpc) is 2.83. The standard InChI is InChI=1S/C17H25Cl/c1-4-13-9-10-15(11-14(13)5-2)17(18)16-8-6-7-12(16)3/h9-12,16-17H,4-8H2,1-3H3. The molecular weight excluding hydrogens is 240 g/mol. The van der Waals surface area contributed by atoms with Gasteiger partial charge in [0.25, 0.3) is 0 Å². The second-order valence-corrected chi connectivity index (χ2v) is 6.18. The summed E-state index contributed by atoms with van der Waals surface area (Å²) in [6.07, 6.45) is 6.23. The van der Waals surface area contributed by atoms with Gasteiger partial charge >= 0.3 is 0 Å². The second-order valence-electron chi connectivity index (χ2n) is 5.71. The van der Waals surface area contributed by atoms with Gasteiger partial charge in [0.2, 0.25) is 0 Å². The van der Waals surface area contributed by atoms with Crippen LogP contribution in [0.15, 0.2) is 18.2 Å². The molecule has 0 spiro atoms. The molecule has 0 amide bonds. The van der Waals surface area contributed by atoms with E-state index in [0.29, 0.717) is 5.92 Å². The van der Waals surface area contributed by atoms with Crippen LogP contribution in [0.5, 0.6) is 0 Å². The number of aryl methyl sites for hydroxylation is 2. The van der Waals surface area contributed by atoms with E-state index in [1.165, 1.54) is 36.0 Å². The van der Waals surface area contributed by atoms with Gasteiger partial charge < -0.3 is 0 Å². The van der Waals surface area contributed by atoms with Crippen LogP contribution >= 0.6 is 11.6 Å². The predicted molar refractivity (Wildman–Crippen MR) is 80.3 cm³/mol. The Morgan fingerprint density at radius 2 is 1.89 bits per heavy atom. The molecular formula is C17H25Cl. The van der Waals surface area contributed by atoms with Gasteiger partial charge in [0, 0.05) is 0 Å². The summed E-state index contributed by atoms with van der Waals surface area (Å²) in [7, 11) is 0. The average molecular weight is 265 g/mol. The van der Waals surface area contributed by atoms with Crippen LogP contribution in [0.1, 0.15) is 62.1 Å². The van der Waals surface area contributed by atoms with Gasteiger partial charge in [-0.2, -0.15) is 0 Å². The van der Waals surface area contributed by atoms with Crippen molar-refractivity contribution >= 4 is 11.6 Å². The number of benzene rings is 1. The Morgan fingerprint density at radius 3 is 2.44 bits per heavy atom. The molecule has 1 aliphatic carbocycles. The fraction of sp³-hybridized carbons (Fsp3) is 0.647. The quantitative estimate of drug-likeness (QED) is 0.628. The lowest BCUT2D eigenvalue weighted by molar-refractivity contribution is 0.405. The lowest BCUT2D eigenvalue weighted by Gasteiger charge is -2.23. The van der Waals surface area contributed by atoms with Crippen LogP contribution in [0.2, 0.25) is 0 Å². The molecule has 0 aliphatic heterocycles. The Morgan fingerprint density at radius 1 is 1.17 bits per heavy atom. The maximum Gasteiger partial charge on any atom is 0.0616 e. The minimum absolute atomic E-state index is 0.207. The SMILES string of the molecule is CCc1ccc(C(Cl)C2CCCC2C)cc1CC. The minimum atomic E-state index is 0.207. The van der Waals surface area contributed by atoms with E-state index in [0.717, 1.165) is 18.8 Å². The lowest BCUT2D eigenvalue weighted by atomic mass is 9.88. The minimum Gasteiger partial charge on any atom is -0.118 e. The number of rotatable bonds is 4. The molecule has 1 aliphatic rings. The molecule has 3 unspecified atom stereocenters. The zero-order valence-electron chi connectivity index (χ0n) is 11.9. The van der Waals surface area contributed by atoms with Crippen LogP contribution in [0.3, 0.4) is 0 Å². The molecule has 18 heavy (non-hydrogen) atoms. The molecule has 0 nitrogen and oxygen atoms in total. The van der Waals surface area contributed by atoms with Crippen LogP contribution in [0, 0.1) is 11.8 Å². The van der Waals surface area contributed by atoms with Gasteiger partial charge in [-0.15, -0.1) is 11.6 Å². The first-order valence-corrected chi connectivity index (χ1v) is 7.86. The molecule has 1 aromatic carbocycles. The molecule has 1 saturated carbocycles. The zero-order chi connectivity index (χ0) is 13.1. The third kappa shape index (κ3) is 2.74. The maximum atomic E-state index is 6.73. The highest BCUT2D eigenvalue weighted by Crippen LogP contribution is 2.43. The van der Waals surface area contributed by atoms with Gasteiger partial charge in [0.15, 0.2) is 0 Å². The van der Waals surface area contributed by atoms with Crippen molar-refractivity contribution in [2.75, 3.05) is 0 Å². The molecule has 0 bridgehead atoms. The largest absolute Gasteiger partial charge is 0.118 e. The molecule has 0 N–H and O–H groups in total. The van der Waals surface area contributed by atoms with Crippen LogP contribution in [0.4, 0.5) is 0 Å². The van der Waals surface area contributed by atoms with Gasteiger partial charge in [-0.05, 0) is 47.8 Å². The van der Waals surface area contributed by atoms with Crippen LogP contribution in [-0.4, -0.2) is 0 Å². The first-order chi connectivity index (χ1) is 8.67. The number of alkyl halides is 1. The van der Waals surface area contributed by atoms with E-state index in [2.05, 4.69) is 39.0 Å². The molecule has 0 heterocycles. The first-order valence-electron chi connectivity index (χ1n) is 7.43. The van der Waals surface area contributed by atoms with E-state index in [4.69, 9.17) is 11.6 Å². The van der Waals surface area contributed by atoms with Crippen molar-refractivity contribution in [1.82, 2.24) is 0 Å². The van der Waals surface area contributed by atoms with E-state index in [1.807, 2.05) is 0 Å². The third-order valence-electron chi connectivity index (χ3n) is 4.61. The lowest BCUT2D eigenvalue weighted by Crippen LogP contribution is -2.11. The fourth-order valence-corrected chi connectivity index (χ4v) is 3.86. The van der Waals surface area contributed by atoms with Crippen molar-refractivity contribution in [1.29, 1.82) is 0 Å². The Balaban J connectivity index is 2.22. The molecule has 1 heteroatoms. The second kappa shape index (κ2) is 6.10. The zero-order valence-corrected chi connectivity index (χ0v) is 12.6. The van der Waals surface area contributed by atoms with E-state index in [-0.39, 0.29) is 5.38 Å². The predicted octanol–water partition coefficient (Wildman–Crippen LogP) is 5.53. The van der Waals surface area contributed by atoms with Crippen molar-refractivity contribution in [3.05, 3.63) is 34.9 Å². The Kier molecular flexibility index (Phi) is 4.72. The molecule has 0 aromatic heterocycles. The van der Waals surface area contributed by atoms with Crippen molar-refractivity contribution in [3.8, 4) is 0 Å². The highest BCUT2D eigenvalue weighted by Gasteiger charge is 2.30. The summed E-state index contributed by atoms with van der Waals surface area (Å²) < 4.78 is 0. The molecule has 1 fully saturated rings. The summed E-state index contributed by atoms with van der Waals surface area (Å²) in [6, 6.07) is 6.88. The van der Waals surface area contributed by atoms with E-state index < -0.39 is 0 Å².